The topological polar surface area (TPSA) is 32.3 Å². The predicted molar refractivity (Wildman–Crippen MR) is 60.7 cm³/mol. The normalized spacial score (nSPS) is 12.2. The highest BCUT2D eigenvalue weighted by atomic mass is 19.4. The minimum absolute atomic E-state index is 0.154. The average molecular weight is 245 g/mol. The van der Waals surface area contributed by atoms with Gasteiger partial charge in [-0.1, -0.05) is 12.2 Å². The third-order valence-corrected chi connectivity index (χ3v) is 2.21. The largest absolute Gasteiger partial charge is 0.507 e. The molecule has 2 nitrogen and oxygen atoms in total. The van der Waals surface area contributed by atoms with Crippen molar-refractivity contribution in [3.8, 4) is 5.75 Å². The molecule has 17 heavy (non-hydrogen) atoms. The van der Waals surface area contributed by atoms with Gasteiger partial charge in [0.15, 0.2) is 0 Å². The van der Waals surface area contributed by atoms with Crippen LogP contribution >= 0.6 is 0 Å². The summed E-state index contributed by atoms with van der Waals surface area (Å²) in [7, 11) is 1.79. The van der Waals surface area contributed by atoms with Crippen LogP contribution in [-0.2, 0) is 6.18 Å². The first-order chi connectivity index (χ1) is 7.95. The van der Waals surface area contributed by atoms with Crippen LogP contribution in [0.3, 0.4) is 0 Å². The number of rotatable bonds is 4. The van der Waals surface area contributed by atoms with Gasteiger partial charge in [-0.05, 0) is 38.2 Å². The van der Waals surface area contributed by atoms with Crippen molar-refractivity contribution in [1.29, 1.82) is 0 Å². The molecule has 0 heterocycles. The first-order valence-electron chi connectivity index (χ1n) is 5.16. The van der Waals surface area contributed by atoms with E-state index in [-0.39, 0.29) is 11.3 Å². The lowest BCUT2D eigenvalue weighted by atomic mass is 10.1. The maximum atomic E-state index is 12.4. The van der Waals surface area contributed by atoms with Crippen molar-refractivity contribution in [2.24, 2.45) is 0 Å². The number of phenolic OH excluding ortho intramolecular Hbond substituents is 1. The van der Waals surface area contributed by atoms with E-state index in [1.807, 2.05) is 0 Å². The molecule has 0 bridgehead atoms. The van der Waals surface area contributed by atoms with E-state index in [0.29, 0.717) is 6.42 Å². The Bertz CT molecular complexity index is 399. The molecule has 0 fully saturated rings. The number of hydrogen-bond acceptors (Lipinski definition) is 2. The molecule has 0 saturated heterocycles. The number of benzene rings is 1. The molecular weight excluding hydrogens is 231 g/mol. The SMILES string of the molecule is CNCCC=Cc1cc(C(F)(F)F)ccc1O. The molecule has 5 heteroatoms. The fraction of sp³-hybridized carbons (Fsp3) is 0.333. The quantitative estimate of drug-likeness (QED) is 0.799. The molecule has 0 aromatic heterocycles. The Morgan fingerprint density at radius 2 is 2.06 bits per heavy atom. The molecule has 0 amide bonds. The van der Waals surface area contributed by atoms with Gasteiger partial charge in [-0.15, -0.1) is 0 Å². The Labute approximate surface area is 97.8 Å². The van der Waals surface area contributed by atoms with Gasteiger partial charge < -0.3 is 10.4 Å². The molecule has 1 aromatic rings. The second kappa shape index (κ2) is 5.72. The summed E-state index contributed by atoms with van der Waals surface area (Å²) in [6.45, 7) is 0.732. The lowest BCUT2D eigenvalue weighted by Crippen LogP contribution is -2.06. The number of aromatic hydroxyl groups is 1. The summed E-state index contributed by atoms with van der Waals surface area (Å²) >= 11 is 0. The number of nitrogens with one attached hydrogen (secondary N) is 1. The third kappa shape index (κ3) is 4.11. The smallest absolute Gasteiger partial charge is 0.416 e. The molecule has 0 aliphatic rings. The van der Waals surface area contributed by atoms with Crippen LogP contribution < -0.4 is 5.32 Å². The lowest BCUT2D eigenvalue weighted by molar-refractivity contribution is -0.137. The van der Waals surface area contributed by atoms with E-state index >= 15 is 0 Å². The van der Waals surface area contributed by atoms with Gasteiger partial charge >= 0.3 is 6.18 Å². The van der Waals surface area contributed by atoms with E-state index in [4.69, 9.17) is 0 Å². The molecule has 1 rings (SSSR count). The fourth-order valence-electron chi connectivity index (χ4n) is 1.30. The summed E-state index contributed by atoms with van der Waals surface area (Å²) in [6, 6.07) is 2.85. The van der Waals surface area contributed by atoms with Crippen molar-refractivity contribution >= 4 is 6.08 Å². The summed E-state index contributed by atoms with van der Waals surface area (Å²) in [5.41, 5.74) is -0.584. The summed E-state index contributed by atoms with van der Waals surface area (Å²) in [5.74, 6) is -0.154. The minimum atomic E-state index is -4.39. The van der Waals surface area contributed by atoms with E-state index in [2.05, 4.69) is 5.32 Å². The molecule has 0 atom stereocenters. The van der Waals surface area contributed by atoms with Gasteiger partial charge in [-0.3, -0.25) is 0 Å². The third-order valence-electron chi connectivity index (χ3n) is 2.21. The lowest BCUT2D eigenvalue weighted by Gasteiger charge is -2.08. The zero-order valence-corrected chi connectivity index (χ0v) is 9.38. The Morgan fingerprint density at radius 3 is 2.65 bits per heavy atom. The number of hydrogen-bond donors (Lipinski definition) is 2. The molecule has 1 aromatic carbocycles. The van der Waals surface area contributed by atoms with E-state index in [9.17, 15) is 18.3 Å². The molecule has 0 spiro atoms. The van der Waals surface area contributed by atoms with Gasteiger partial charge in [0.05, 0.1) is 5.56 Å². The van der Waals surface area contributed by atoms with Gasteiger partial charge in [0.25, 0.3) is 0 Å². The standard InChI is InChI=1S/C12H14F3NO/c1-16-7-3-2-4-9-8-10(12(13,14)15)5-6-11(9)17/h2,4-6,8,16-17H,3,7H2,1H3. The van der Waals surface area contributed by atoms with Crippen LogP contribution in [0.15, 0.2) is 24.3 Å². The van der Waals surface area contributed by atoms with Crippen molar-refractivity contribution in [2.45, 2.75) is 12.6 Å². The van der Waals surface area contributed by atoms with E-state index in [1.165, 1.54) is 6.08 Å². The highest BCUT2D eigenvalue weighted by molar-refractivity contribution is 5.58. The molecule has 0 radical (unpaired) electrons. The summed E-state index contributed by atoms with van der Waals surface area (Å²) in [5, 5.41) is 12.3. The van der Waals surface area contributed by atoms with Crippen LogP contribution in [0.25, 0.3) is 6.08 Å². The zero-order chi connectivity index (χ0) is 12.9. The highest BCUT2D eigenvalue weighted by Gasteiger charge is 2.30. The maximum Gasteiger partial charge on any atom is 0.416 e. The number of phenols is 1. The highest BCUT2D eigenvalue weighted by Crippen LogP contribution is 2.32. The van der Waals surface area contributed by atoms with E-state index < -0.39 is 11.7 Å². The van der Waals surface area contributed by atoms with Gasteiger partial charge in [0.1, 0.15) is 5.75 Å². The molecular formula is C12H14F3NO. The van der Waals surface area contributed by atoms with Crippen LogP contribution in [0, 0.1) is 0 Å². The molecule has 2 N–H and O–H groups in total. The Hall–Kier alpha value is -1.49. The molecule has 0 aliphatic carbocycles. The van der Waals surface area contributed by atoms with Gasteiger partial charge in [-0.25, -0.2) is 0 Å². The van der Waals surface area contributed by atoms with Crippen LogP contribution in [-0.4, -0.2) is 18.7 Å². The van der Waals surface area contributed by atoms with E-state index in [0.717, 1.165) is 24.7 Å². The van der Waals surface area contributed by atoms with Gasteiger partial charge in [0, 0.05) is 5.56 Å². The van der Waals surface area contributed by atoms with E-state index in [1.54, 1.807) is 13.1 Å². The van der Waals surface area contributed by atoms with Crippen molar-refractivity contribution in [2.75, 3.05) is 13.6 Å². The van der Waals surface area contributed by atoms with Crippen molar-refractivity contribution in [1.82, 2.24) is 5.32 Å². The summed E-state index contributed by atoms with van der Waals surface area (Å²) < 4.78 is 37.3. The predicted octanol–water partition coefficient (Wildman–Crippen LogP) is 3.03. The molecule has 0 aliphatic heterocycles. The maximum absolute atomic E-state index is 12.4. The summed E-state index contributed by atoms with van der Waals surface area (Å²) in [6.07, 6.45) is -0.499. The fourth-order valence-corrected chi connectivity index (χ4v) is 1.30. The second-order valence-electron chi connectivity index (χ2n) is 3.57. The van der Waals surface area contributed by atoms with Gasteiger partial charge in [0.2, 0.25) is 0 Å². The van der Waals surface area contributed by atoms with Gasteiger partial charge in [-0.2, -0.15) is 13.2 Å². The monoisotopic (exact) mass is 245 g/mol. The Balaban J connectivity index is 2.87. The number of alkyl halides is 3. The summed E-state index contributed by atoms with van der Waals surface area (Å²) in [4.78, 5) is 0. The van der Waals surface area contributed by atoms with Crippen LogP contribution in [0.1, 0.15) is 17.5 Å². The first kappa shape index (κ1) is 13.6. The molecule has 0 unspecified atom stereocenters. The van der Waals surface area contributed by atoms with Crippen LogP contribution in [0.5, 0.6) is 5.75 Å². The Morgan fingerprint density at radius 1 is 1.35 bits per heavy atom. The average Bonchev–Trinajstić information content (AvgIpc) is 2.25. The molecule has 0 saturated carbocycles. The Kier molecular flexibility index (Phi) is 4.57. The molecule has 94 valence electrons. The van der Waals surface area contributed by atoms with Crippen molar-refractivity contribution in [3.63, 3.8) is 0 Å². The van der Waals surface area contributed by atoms with Crippen molar-refractivity contribution in [3.05, 3.63) is 35.4 Å². The zero-order valence-electron chi connectivity index (χ0n) is 9.38. The first-order valence-corrected chi connectivity index (χ1v) is 5.16. The number of halogens is 3. The van der Waals surface area contributed by atoms with Crippen LogP contribution in [0.4, 0.5) is 13.2 Å². The minimum Gasteiger partial charge on any atom is -0.507 e. The van der Waals surface area contributed by atoms with Crippen molar-refractivity contribution < 1.29 is 18.3 Å². The van der Waals surface area contributed by atoms with Crippen LogP contribution in [0.2, 0.25) is 0 Å². The second-order valence-corrected chi connectivity index (χ2v) is 3.57.